The molecular formula is C29H29N7O3. The molecule has 10 heteroatoms. The number of nitrogens with zero attached hydrogens (tertiary/aromatic N) is 5. The molecule has 0 atom stereocenters. The van der Waals surface area contributed by atoms with Crippen molar-refractivity contribution in [2.24, 2.45) is 10.7 Å². The highest BCUT2D eigenvalue weighted by atomic mass is 16.5. The van der Waals surface area contributed by atoms with Gasteiger partial charge in [-0.2, -0.15) is 9.97 Å². The Morgan fingerprint density at radius 3 is 2.36 bits per heavy atom. The largest absolute Gasteiger partial charge is 0.504 e. The normalized spacial score (nSPS) is 12.7. The molecule has 198 valence electrons. The number of nitrogen functional groups attached to an aromatic ring is 1. The molecule has 0 unspecified atom stereocenters. The van der Waals surface area contributed by atoms with E-state index >= 15 is 0 Å². The zero-order valence-corrected chi connectivity index (χ0v) is 21.9. The summed E-state index contributed by atoms with van der Waals surface area (Å²) >= 11 is 0. The van der Waals surface area contributed by atoms with Crippen molar-refractivity contribution in [2.75, 3.05) is 39.1 Å². The summed E-state index contributed by atoms with van der Waals surface area (Å²) in [5.74, 6) is 2.12. The van der Waals surface area contributed by atoms with Crippen LogP contribution >= 0.6 is 0 Å². The first-order valence-corrected chi connectivity index (χ1v) is 12.3. The Labute approximate surface area is 226 Å². The van der Waals surface area contributed by atoms with Crippen molar-refractivity contribution in [1.82, 2.24) is 14.9 Å². The van der Waals surface area contributed by atoms with E-state index in [1.165, 1.54) is 18.2 Å². The fourth-order valence-corrected chi connectivity index (χ4v) is 4.09. The summed E-state index contributed by atoms with van der Waals surface area (Å²) in [7, 11) is 5.95. The molecule has 2 heterocycles. The maximum atomic E-state index is 10.4. The minimum absolute atomic E-state index is 0.102. The number of phenols is 1. The fraction of sp³-hybridized carbons (Fsp3) is 0.172. The Kier molecular flexibility index (Phi) is 7.00. The minimum Gasteiger partial charge on any atom is -0.504 e. The molecule has 0 amide bonds. The van der Waals surface area contributed by atoms with Gasteiger partial charge in [0.1, 0.15) is 17.4 Å². The highest BCUT2D eigenvalue weighted by Gasteiger charge is 2.17. The van der Waals surface area contributed by atoms with Crippen LogP contribution in [0.2, 0.25) is 0 Å². The number of nitrogens with two attached hydrogens (primary N) is 1. The van der Waals surface area contributed by atoms with Crippen LogP contribution in [0.1, 0.15) is 11.1 Å². The number of amidine groups is 2. The standard InChI is InChI=1S/C29H29N7O3/c1-35(2)21-10-7-18(8-11-21)28-33-25(38-22-6-4-5-20(15-22)29-32-13-14-36(29)3)17-26(34-28)39-24-16-19(27(30)31)9-12-23(24)37/h4-12,15-17,37H,13-14H2,1-3H3,(H3,30,31). The monoisotopic (exact) mass is 523 g/mol. The molecule has 0 fully saturated rings. The van der Waals surface area contributed by atoms with Crippen LogP contribution < -0.4 is 20.1 Å². The van der Waals surface area contributed by atoms with Crippen LogP contribution in [0.4, 0.5) is 5.69 Å². The number of phenolic OH excluding ortho intramolecular Hbond substituents is 1. The molecule has 39 heavy (non-hydrogen) atoms. The van der Waals surface area contributed by atoms with Crippen molar-refractivity contribution in [1.29, 1.82) is 5.41 Å². The molecule has 1 aliphatic rings. The van der Waals surface area contributed by atoms with Gasteiger partial charge in [0.15, 0.2) is 17.3 Å². The van der Waals surface area contributed by atoms with Gasteiger partial charge >= 0.3 is 0 Å². The van der Waals surface area contributed by atoms with Gasteiger partial charge in [-0.1, -0.05) is 12.1 Å². The van der Waals surface area contributed by atoms with Crippen LogP contribution in [0.5, 0.6) is 29.0 Å². The molecule has 0 aliphatic carbocycles. The molecule has 3 aromatic carbocycles. The number of nitrogens with one attached hydrogen (secondary N) is 1. The summed E-state index contributed by atoms with van der Waals surface area (Å²) in [5.41, 5.74) is 8.77. The maximum absolute atomic E-state index is 10.4. The second-order valence-electron chi connectivity index (χ2n) is 9.26. The summed E-state index contributed by atoms with van der Waals surface area (Å²) in [5, 5.41) is 18.1. The van der Waals surface area contributed by atoms with Crippen molar-refractivity contribution in [2.45, 2.75) is 0 Å². The number of hydrogen-bond donors (Lipinski definition) is 3. The first-order valence-electron chi connectivity index (χ1n) is 12.3. The third-order valence-electron chi connectivity index (χ3n) is 6.18. The average molecular weight is 524 g/mol. The maximum Gasteiger partial charge on any atom is 0.226 e. The van der Waals surface area contributed by atoms with Crippen LogP contribution in [0.25, 0.3) is 11.4 Å². The molecule has 0 radical (unpaired) electrons. The van der Waals surface area contributed by atoms with Crippen LogP contribution in [0, 0.1) is 5.41 Å². The van der Waals surface area contributed by atoms with Crippen LogP contribution in [0.15, 0.2) is 77.8 Å². The number of benzene rings is 3. The van der Waals surface area contributed by atoms with Crippen molar-refractivity contribution in [3.63, 3.8) is 0 Å². The van der Waals surface area contributed by atoms with Gasteiger partial charge in [0.25, 0.3) is 0 Å². The van der Waals surface area contributed by atoms with Crippen molar-refractivity contribution < 1.29 is 14.6 Å². The summed E-state index contributed by atoms with van der Waals surface area (Å²) in [6.07, 6.45) is 0. The van der Waals surface area contributed by atoms with Gasteiger partial charge in [0, 0.05) is 50.1 Å². The Bertz CT molecular complexity index is 1550. The predicted octanol–water partition coefficient (Wildman–Crippen LogP) is 4.48. The summed E-state index contributed by atoms with van der Waals surface area (Å²) in [4.78, 5) is 17.9. The Morgan fingerprint density at radius 2 is 1.69 bits per heavy atom. The Balaban J connectivity index is 1.52. The number of rotatable bonds is 8. The number of likely N-dealkylation sites (N-methyl/N-ethyl adjacent to an activating group) is 1. The topological polar surface area (TPSA) is 133 Å². The molecule has 0 saturated carbocycles. The second kappa shape index (κ2) is 10.7. The van der Waals surface area contributed by atoms with Gasteiger partial charge < -0.3 is 30.1 Å². The average Bonchev–Trinajstić information content (AvgIpc) is 3.35. The third kappa shape index (κ3) is 5.74. The van der Waals surface area contributed by atoms with Crippen LogP contribution in [-0.2, 0) is 0 Å². The van der Waals surface area contributed by atoms with E-state index < -0.39 is 0 Å². The van der Waals surface area contributed by atoms with Gasteiger partial charge in [-0.05, 0) is 54.6 Å². The second-order valence-corrected chi connectivity index (χ2v) is 9.26. The lowest BCUT2D eigenvalue weighted by atomic mass is 10.2. The first kappa shape index (κ1) is 25.5. The number of ether oxygens (including phenoxy) is 2. The van der Waals surface area contributed by atoms with E-state index in [9.17, 15) is 5.11 Å². The van der Waals surface area contributed by atoms with Crippen molar-refractivity contribution in [3.8, 4) is 40.4 Å². The summed E-state index contributed by atoms with van der Waals surface area (Å²) < 4.78 is 12.1. The minimum atomic E-state index is -0.148. The Morgan fingerprint density at radius 1 is 0.949 bits per heavy atom. The quantitative estimate of drug-likeness (QED) is 0.227. The number of anilines is 1. The first-order chi connectivity index (χ1) is 18.8. The van der Waals surface area contributed by atoms with Crippen molar-refractivity contribution in [3.05, 3.63) is 83.9 Å². The number of aromatic nitrogens is 2. The van der Waals surface area contributed by atoms with Gasteiger partial charge in [0.2, 0.25) is 11.8 Å². The van der Waals surface area contributed by atoms with E-state index in [0.717, 1.165) is 35.7 Å². The lowest BCUT2D eigenvalue weighted by Gasteiger charge is -2.15. The molecule has 4 aromatic rings. The van der Waals surface area contributed by atoms with Gasteiger partial charge in [-0.15, -0.1) is 0 Å². The SMILES string of the molecule is CN1CCN=C1c1cccc(Oc2cc(Oc3cc(C(=N)N)ccc3O)nc(-c3ccc(N(C)C)cc3)n2)c1. The van der Waals surface area contributed by atoms with Gasteiger partial charge in [-0.3, -0.25) is 10.4 Å². The molecule has 5 rings (SSSR count). The van der Waals surface area contributed by atoms with E-state index in [1.54, 1.807) is 6.07 Å². The summed E-state index contributed by atoms with van der Waals surface area (Å²) in [6.45, 7) is 1.64. The smallest absolute Gasteiger partial charge is 0.226 e. The summed E-state index contributed by atoms with van der Waals surface area (Å²) in [6, 6.07) is 21.4. The lowest BCUT2D eigenvalue weighted by molar-refractivity contribution is 0.397. The van der Waals surface area contributed by atoms with E-state index in [-0.39, 0.29) is 29.1 Å². The Hall–Kier alpha value is -5.12. The van der Waals surface area contributed by atoms with Crippen LogP contribution in [-0.4, -0.2) is 65.9 Å². The predicted molar refractivity (Wildman–Crippen MR) is 152 cm³/mol. The molecule has 4 N–H and O–H groups in total. The van der Waals surface area contributed by atoms with Crippen molar-refractivity contribution >= 4 is 17.4 Å². The van der Waals surface area contributed by atoms with E-state index in [0.29, 0.717) is 17.1 Å². The molecule has 0 saturated heterocycles. The molecular weight excluding hydrogens is 494 g/mol. The molecule has 1 aliphatic heterocycles. The molecule has 0 spiro atoms. The molecule has 0 bridgehead atoms. The lowest BCUT2D eigenvalue weighted by Crippen LogP contribution is -2.23. The zero-order chi connectivity index (χ0) is 27.5. The highest BCUT2D eigenvalue weighted by Crippen LogP contribution is 2.34. The zero-order valence-electron chi connectivity index (χ0n) is 21.9. The third-order valence-corrected chi connectivity index (χ3v) is 6.18. The van der Waals surface area contributed by atoms with E-state index in [4.69, 9.17) is 20.6 Å². The number of hydrogen-bond acceptors (Lipinski definition) is 9. The van der Waals surface area contributed by atoms with E-state index in [2.05, 4.69) is 19.9 Å². The van der Waals surface area contributed by atoms with Gasteiger partial charge in [0.05, 0.1) is 12.6 Å². The number of aromatic hydroxyl groups is 1. The van der Waals surface area contributed by atoms with Gasteiger partial charge in [-0.25, -0.2) is 0 Å². The highest BCUT2D eigenvalue weighted by molar-refractivity contribution is 6.00. The van der Waals surface area contributed by atoms with E-state index in [1.807, 2.05) is 74.6 Å². The molecule has 10 nitrogen and oxygen atoms in total. The number of aliphatic imine (C=N–C) groups is 1. The fourth-order valence-electron chi connectivity index (χ4n) is 4.09. The molecule has 1 aromatic heterocycles. The van der Waals surface area contributed by atoms with Crippen LogP contribution in [0.3, 0.4) is 0 Å².